The standard InChI is InChI=1S/C30H47NO4/c1-25(2)21-8-11-30(7)23(28(21,5)10-9-22(25)33)20(32)16-18-19-17-27(4,24(34)31-35)13-12-26(19,3)14-15-29(18,30)6/h16,19,21-23,33,35H,8-15,17H2,1-7H3,(H,31,34)/t19-,21?,22-,23+,26+,27-,28-,29+,30+/m0/s1. The van der Waals surface area contributed by atoms with Gasteiger partial charge in [0.1, 0.15) is 0 Å². The van der Waals surface area contributed by atoms with Crippen LogP contribution in [0.2, 0.25) is 0 Å². The maximum absolute atomic E-state index is 14.3. The van der Waals surface area contributed by atoms with Gasteiger partial charge in [0.2, 0.25) is 5.91 Å². The first-order chi connectivity index (χ1) is 16.1. The lowest BCUT2D eigenvalue weighted by atomic mass is 9.33. The predicted octanol–water partition coefficient (Wildman–Crippen LogP) is 5.83. The van der Waals surface area contributed by atoms with Gasteiger partial charge in [-0.25, -0.2) is 5.48 Å². The van der Waals surface area contributed by atoms with E-state index >= 15 is 0 Å². The van der Waals surface area contributed by atoms with E-state index < -0.39 is 5.41 Å². The van der Waals surface area contributed by atoms with Crippen LogP contribution in [0.1, 0.15) is 106 Å². The zero-order valence-corrected chi connectivity index (χ0v) is 23.0. The Hall–Kier alpha value is -1.20. The molecule has 5 nitrogen and oxygen atoms in total. The smallest absolute Gasteiger partial charge is 0.249 e. The molecule has 0 bridgehead atoms. The summed E-state index contributed by atoms with van der Waals surface area (Å²) in [5.41, 5.74) is 2.16. The van der Waals surface area contributed by atoms with Crippen LogP contribution in [-0.2, 0) is 9.59 Å². The number of nitrogens with one attached hydrogen (secondary N) is 1. The van der Waals surface area contributed by atoms with Crippen LogP contribution < -0.4 is 5.48 Å². The Morgan fingerprint density at radius 2 is 1.60 bits per heavy atom. The van der Waals surface area contributed by atoms with Crippen molar-refractivity contribution >= 4 is 11.7 Å². The van der Waals surface area contributed by atoms with Gasteiger partial charge in [-0.15, -0.1) is 0 Å². The number of carbonyl (C=O) groups is 2. The lowest BCUT2D eigenvalue weighted by Crippen LogP contribution is -2.66. The quantitative estimate of drug-likeness (QED) is 0.322. The fraction of sp³-hybridized carbons (Fsp3) is 0.867. The molecule has 4 fully saturated rings. The van der Waals surface area contributed by atoms with E-state index in [0.29, 0.717) is 12.3 Å². The second-order valence-corrected chi connectivity index (χ2v) is 15.1. The molecule has 0 saturated heterocycles. The van der Waals surface area contributed by atoms with Crippen molar-refractivity contribution in [2.24, 2.45) is 50.2 Å². The zero-order chi connectivity index (χ0) is 25.8. The van der Waals surface area contributed by atoms with Gasteiger partial charge in [0.15, 0.2) is 5.78 Å². The minimum absolute atomic E-state index is 0.0330. The highest BCUT2D eigenvalue weighted by Gasteiger charge is 2.70. The lowest BCUT2D eigenvalue weighted by Gasteiger charge is -2.70. The molecule has 5 aliphatic carbocycles. The maximum Gasteiger partial charge on any atom is 0.249 e. The summed E-state index contributed by atoms with van der Waals surface area (Å²) in [6.45, 7) is 15.9. The van der Waals surface area contributed by atoms with Gasteiger partial charge in [0.05, 0.1) is 6.10 Å². The molecule has 5 heteroatoms. The highest BCUT2D eigenvalue weighted by molar-refractivity contribution is 5.95. The number of aliphatic hydroxyl groups is 1. The van der Waals surface area contributed by atoms with Crippen LogP contribution in [0.5, 0.6) is 0 Å². The fourth-order valence-corrected chi connectivity index (χ4v) is 10.5. The minimum Gasteiger partial charge on any atom is -0.393 e. The molecule has 0 aromatic carbocycles. The Bertz CT molecular complexity index is 987. The Balaban J connectivity index is 1.61. The van der Waals surface area contributed by atoms with Crippen molar-refractivity contribution in [2.75, 3.05) is 0 Å². The second kappa shape index (κ2) is 7.43. The number of ketones is 1. The van der Waals surface area contributed by atoms with Gasteiger partial charge < -0.3 is 5.11 Å². The first-order valence-electron chi connectivity index (χ1n) is 14.0. The summed E-state index contributed by atoms with van der Waals surface area (Å²) in [5, 5.41) is 20.3. The molecule has 1 amide bonds. The van der Waals surface area contributed by atoms with Gasteiger partial charge in [-0.1, -0.05) is 54.0 Å². The molecule has 0 aliphatic heterocycles. The van der Waals surface area contributed by atoms with Crippen LogP contribution in [-0.4, -0.2) is 28.1 Å². The molecule has 1 unspecified atom stereocenters. The van der Waals surface area contributed by atoms with Crippen molar-refractivity contribution < 1.29 is 19.9 Å². The average molecular weight is 486 g/mol. The average Bonchev–Trinajstić information content (AvgIpc) is 2.78. The van der Waals surface area contributed by atoms with Crippen molar-refractivity contribution in [3.8, 4) is 0 Å². The molecule has 0 spiro atoms. The zero-order valence-electron chi connectivity index (χ0n) is 23.0. The number of rotatable bonds is 1. The van der Waals surface area contributed by atoms with Crippen molar-refractivity contribution in [2.45, 2.75) is 112 Å². The van der Waals surface area contributed by atoms with Crippen molar-refractivity contribution in [1.29, 1.82) is 0 Å². The van der Waals surface area contributed by atoms with E-state index in [-0.39, 0.29) is 56.7 Å². The monoisotopic (exact) mass is 485 g/mol. The molecule has 0 heterocycles. The van der Waals surface area contributed by atoms with Gasteiger partial charge in [-0.2, -0.15) is 0 Å². The molecule has 0 aromatic rings. The van der Waals surface area contributed by atoms with E-state index in [4.69, 9.17) is 0 Å². The van der Waals surface area contributed by atoms with Crippen LogP contribution in [0.3, 0.4) is 0 Å². The normalized spacial score (nSPS) is 52.8. The summed E-state index contributed by atoms with van der Waals surface area (Å²) in [4.78, 5) is 26.9. The third-order valence-electron chi connectivity index (χ3n) is 13.2. The first-order valence-corrected chi connectivity index (χ1v) is 14.0. The van der Waals surface area contributed by atoms with E-state index in [0.717, 1.165) is 51.4 Å². The Kier molecular flexibility index (Phi) is 5.40. The molecule has 5 rings (SSSR count). The third kappa shape index (κ3) is 3.06. The second-order valence-electron chi connectivity index (χ2n) is 15.1. The van der Waals surface area contributed by atoms with Crippen molar-refractivity contribution in [3.63, 3.8) is 0 Å². The number of carbonyl (C=O) groups excluding carboxylic acids is 2. The van der Waals surface area contributed by atoms with Gasteiger partial charge in [-0.3, -0.25) is 14.8 Å². The van der Waals surface area contributed by atoms with E-state index in [1.807, 2.05) is 18.5 Å². The molecule has 5 aliphatic rings. The molecule has 4 saturated carbocycles. The Morgan fingerprint density at radius 3 is 2.26 bits per heavy atom. The molecule has 35 heavy (non-hydrogen) atoms. The summed E-state index contributed by atoms with van der Waals surface area (Å²) in [6, 6.07) is 0. The number of hydrogen-bond donors (Lipinski definition) is 3. The SMILES string of the molecule is CC1(C)C2CC[C@]3(C)[C@H](C(=O)C=C4[C@@H]5C[C@@](C)(C(=O)NO)CC[C@]5(C)CC[C@]43C)[C@@]2(C)CC[C@@H]1O. The molecular formula is C30H47NO4. The molecule has 3 N–H and O–H groups in total. The van der Waals surface area contributed by atoms with Crippen LogP contribution >= 0.6 is 0 Å². The number of allylic oxidation sites excluding steroid dienone is 2. The number of amides is 1. The number of hydroxylamine groups is 1. The van der Waals surface area contributed by atoms with Crippen LogP contribution in [0.4, 0.5) is 0 Å². The molecule has 196 valence electrons. The third-order valence-corrected chi connectivity index (χ3v) is 13.2. The van der Waals surface area contributed by atoms with Crippen molar-refractivity contribution in [1.82, 2.24) is 5.48 Å². The van der Waals surface area contributed by atoms with E-state index in [2.05, 4.69) is 41.5 Å². The van der Waals surface area contributed by atoms with Crippen molar-refractivity contribution in [3.05, 3.63) is 11.6 Å². The summed E-state index contributed by atoms with van der Waals surface area (Å²) in [5.74, 6) is 0.458. The summed E-state index contributed by atoms with van der Waals surface area (Å²) in [6.07, 6.45) is 10.0. The lowest BCUT2D eigenvalue weighted by molar-refractivity contribution is -0.202. The van der Waals surface area contributed by atoms with Crippen LogP contribution in [0, 0.1) is 50.2 Å². The van der Waals surface area contributed by atoms with Crippen LogP contribution in [0.15, 0.2) is 11.6 Å². The van der Waals surface area contributed by atoms with Gasteiger partial charge in [0.25, 0.3) is 0 Å². The predicted molar refractivity (Wildman–Crippen MR) is 135 cm³/mol. The first kappa shape index (κ1) is 25.4. The maximum atomic E-state index is 14.3. The highest BCUT2D eigenvalue weighted by Crippen LogP contribution is 2.75. The largest absolute Gasteiger partial charge is 0.393 e. The topological polar surface area (TPSA) is 86.6 Å². The highest BCUT2D eigenvalue weighted by atomic mass is 16.5. The van der Waals surface area contributed by atoms with E-state index in [1.54, 1.807) is 0 Å². The molecule has 0 radical (unpaired) electrons. The van der Waals surface area contributed by atoms with Gasteiger partial charge in [0, 0.05) is 11.3 Å². The number of fused-ring (bicyclic) bond motifs is 7. The van der Waals surface area contributed by atoms with Gasteiger partial charge in [-0.05, 0) is 103 Å². The number of hydrogen-bond acceptors (Lipinski definition) is 4. The van der Waals surface area contributed by atoms with E-state index in [9.17, 15) is 19.9 Å². The summed E-state index contributed by atoms with van der Waals surface area (Å²) < 4.78 is 0. The van der Waals surface area contributed by atoms with E-state index in [1.165, 1.54) is 5.57 Å². The Morgan fingerprint density at radius 1 is 0.943 bits per heavy atom. The summed E-state index contributed by atoms with van der Waals surface area (Å²) in [7, 11) is 0. The number of aliphatic hydroxyl groups excluding tert-OH is 1. The molecular weight excluding hydrogens is 438 g/mol. The molecule has 9 atom stereocenters. The fourth-order valence-electron chi connectivity index (χ4n) is 10.5. The van der Waals surface area contributed by atoms with Crippen LogP contribution in [0.25, 0.3) is 0 Å². The summed E-state index contributed by atoms with van der Waals surface area (Å²) >= 11 is 0. The molecule has 0 aromatic heterocycles. The van der Waals surface area contributed by atoms with Gasteiger partial charge >= 0.3 is 0 Å². The minimum atomic E-state index is -0.619. The Labute approximate surface area is 211 Å².